The van der Waals surface area contributed by atoms with Crippen molar-refractivity contribution in [1.82, 2.24) is 10.2 Å². The SMILES string of the molecule is C[C@H]1CNCCN1C(=O)c1cccc(OC2CCCCC2)c1. The molecule has 0 bridgehead atoms. The first-order valence-electron chi connectivity index (χ1n) is 8.52. The molecule has 0 unspecified atom stereocenters. The second-order valence-corrected chi connectivity index (χ2v) is 6.46. The van der Waals surface area contributed by atoms with Crippen molar-refractivity contribution in [2.45, 2.75) is 51.2 Å². The van der Waals surface area contributed by atoms with E-state index in [1.807, 2.05) is 29.2 Å². The number of hydrogen-bond donors (Lipinski definition) is 1. The van der Waals surface area contributed by atoms with E-state index in [0.717, 1.165) is 43.8 Å². The van der Waals surface area contributed by atoms with Crippen LogP contribution >= 0.6 is 0 Å². The summed E-state index contributed by atoms with van der Waals surface area (Å²) in [5, 5.41) is 3.32. The van der Waals surface area contributed by atoms with Crippen LogP contribution in [0, 0.1) is 0 Å². The molecule has 1 aliphatic heterocycles. The van der Waals surface area contributed by atoms with E-state index in [1.54, 1.807) is 0 Å². The third-order valence-corrected chi connectivity index (χ3v) is 4.70. The molecule has 1 aromatic rings. The molecule has 2 aliphatic rings. The highest BCUT2D eigenvalue weighted by Gasteiger charge is 2.24. The van der Waals surface area contributed by atoms with Crippen LogP contribution < -0.4 is 10.1 Å². The number of amides is 1. The molecule has 22 heavy (non-hydrogen) atoms. The van der Waals surface area contributed by atoms with E-state index in [2.05, 4.69) is 12.2 Å². The number of ether oxygens (including phenoxy) is 1. The molecule has 1 amide bonds. The Kier molecular flexibility index (Phi) is 4.98. The number of nitrogens with zero attached hydrogens (tertiary/aromatic N) is 1. The van der Waals surface area contributed by atoms with Gasteiger partial charge in [0.25, 0.3) is 5.91 Å². The maximum atomic E-state index is 12.7. The third-order valence-electron chi connectivity index (χ3n) is 4.70. The number of piperazine rings is 1. The van der Waals surface area contributed by atoms with Crippen molar-refractivity contribution in [2.75, 3.05) is 19.6 Å². The summed E-state index contributed by atoms with van der Waals surface area (Å²) < 4.78 is 6.08. The van der Waals surface area contributed by atoms with Gasteiger partial charge in [0.1, 0.15) is 5.75 Å². The molecule has 1 heterocycles. The molecule has 1 saturated carbocycles. The van der Waals surface area contributed by atoms with E-state index < -0.39 is 0 Å². The van der Waals surface area contributed by atoms with Gasteiger partial charge in [0, 0.05) is 31.2 Å². The van der Waals surface area contributed by atoms with Crippen LogP contribution in [0.15, 0.2) is 24.3 Å². The predicted octanol–water partition coefficient (Wildman–Crippen LogP) is 2.83. The lowest BCUT2D eigenvalue weighted by Crippen LogP contribution is -2.52. The molecule has 120 valence electrons. The van der Waals surface area contributed by atoms with Crippen LogP contribution in [0.1, 0.15) is 49.4 Å². The van der Waals surface area contributed by atoms with E-state index in [9.17, 15) is 4.79 Å². The molecular formula is C18H26N2O2. The monoisotopic (exact) mass is 302 g/mol. The van der Waals surface area contributed by atoms with Crippen LogP contribution in [0.4, 0.5) is 0 Å². The fraction of sp³-hybridized carbons (Fsp3) is 0.611. The fourth-order valence-electron chi connectivity index (χ4n) is 3.39. The maximum Gasteiger partial charge on any atom is 0.254 e. The Morgan fingerprint density at radius 3 is 2.86 bits per heavy atom. The molecule has 1 aromatic carbocycles. The minimum atomic E-state index is 0.114. The maximum absolute atomic E-state index is 12.7. The largest absolute Gasteiger partial charge is 0.490 e. The van der Waals surface area contributed by atoms with E-state index in [0.29, 0.717) is 6.10 Å². The highest BCUT2D eigenvalue weighted by atomic mass is 16.5. The summed E-state index contributed by atoms with van der Waals surface area (Å²) in [6.45, 7) is 4.60. The lowest BCUT2D eigenvalue weighted by atomic mass is 9.98. The minimum Gasteiger partial charge on any atom is -0.490 e. The van der Waals surface area contributed by atoms with Gasteiger partial charge in [0.15, 0.2) is 0 Å². The summed E-state index contributed by atoms with van der Waals surface area (Å²) in [5.74, 6) is 0.948. The van der Waals surface area contributed by atoms with Crippen molar-refractivity contribution in [3.05, 3.63) is 29.8 Å². The molecule has 4 heteroatoms. The second-order valence-electron chi connectivity index (χ2n) is 6.46. The smallest absolute Gasteiger partial charge is 0.254 e. The summed E-state index contributed by atoms with van der Waals surface area (Å²) in [7, 11) is 0. The second kappa shape index (κ2) is 7.14. The van der Waals surface area contributed by atoms with E-state index in [-0.39, 0.29) is 11.9 Å². The van der Waals surface area contributed by atoms with Crippen LogP contribution in [0.3, 0.4) is 0 Å². The molecule has 0 aromatic heterocycles. The topological polar surface area (TPSA) is 41.6 Å². The lowest BCUT2D eigenvalue weighted by Gasteiger charge is -2.34. The number of benzene rings is 1. The zero-order valence-corrected chi connectivity index (χ0v) is 13.4. The van der Waals surface area contributed by atoms with Crippen LogP contribution in [0.2, 0.25) is 0 Å². The average molecular weight is 302 g/mol. The van der Waals surface area contributed by atoms with Gasteiger partial charge >= 0.3 is 0 Å². The van der Waals surface area contributed by atoms with Crippen molar-refractivity contribution >= 4 is 5.91 Å². The standard InChI is InChI=1S/C18H26N2O2/c1-14-13-19-10-11-20(14)18(21)15-6-5-9-17(12-15)22-16-7-3-2-4-8-16/h5-6,9,12,14,16,19H,2-4,7-8,10-11,13H2,1H3/t14-/m0/s1. The lowest BCUT2D eigenvalue weighted by molar-refractivity contribution is 0.0654. The van der Waals surface area contributed by atoms with Gasteiger partial charge < -0.3 is 15.0 Å². The van der Waals surface area contributed by atoms with Crippen LogP contribution in [-0.2, 0) is 0 Å². The Morgan fingerprint density at radius 1 is 1.27 bits per heavy atom. The molecule has 1 aliphatic carbocycles. The number of carbonyl (C=O) groups is 1. The first-order valence-corrected chi connectivity index (χ1v) is 8.52. The Hall–Kier alpha value is -1.55. The summed E-state index contributed by atoms with van der Waals surface area (Å²) in [4.78, 5) is 14.7. The van der Waals surface area contributed by atoms with Gasteiger partial charge in [-0.05, 0) is 50.8 Å². The zero-order chi connectivity index (χ0) is 15.4. The number of carbonyl (C=O) groups excluding carboxylic acids is 1. The predicted molar refractivity (Wildman–Crippen MR) is 87.3 cm³/mol. The Morgan fingerprint density at radius 2 is 2.09 bits per heavy atom. The van der Waals surface area contributed by atoms with Crippen molar-refractivity contribution in [1.29, 1.82) is 0 Å². The van der Waals surface area contributed by atoms with E-state index in [1.165, 1.54) is 19.3 Å². The summed E-state index contributed by atoms with van der Waals surface area (Å²) >= 11 is 0. The molecule has 1 saturated heterocycles. The van der Waals surface area contributed by atoms with Gasteiger partial charge in [0.05, 0.1) is 6.10 Å². The molecule has 0 spiro atoms. The van der Waals surface area contributed by atoms with Gasteiger partial charge in [-0.3, -0.25) is 4.79 Å². The zero-order valence-electron chi connectivity index (χ0n) is 13.4. The molecule has 4 nitrogen and oxygen atoms in total. The Balaban J connectivity index is 1.68. The number of hydrogen-bond acceptors (Lipinski definition) is 3. The highest BCUT2D eigenvalue weighted by Crippen LogP contribution is 2.24. The minimum absolute atomic E-state index is 0.114. The van der Waals surface area contributed by atoms with Gasteiger partial charge in [-0.1, -0.05) is 12.5 Å². The molecule has 2 fully saturated rings. The Labute approximate surface area is 132 Å². The molecular weight excluding hydrogens is 276 g/mol. The van der Waals surface area contributed by atoms with Gasteiger partial charge in [-0.25, -0.2) is 0 Å². The van der Waals surface area contributed by atoms with Crippen molar-refractivity contribution in [3.8, 4) is 5.75 Å². The van der Waals surface area contributed by atoms with Crippen LogP contribution in [0.5, 0.6) is 5.75 Å². The first kappa shape index (κ1) is 15.3. The van der Waals surface area contributed by atoms with E-state index >= 15 is 0 Å². The van der Waals surface area contributed by atoms with Gasteiger partial charge in [-0.2, -0.15) is 0 Å². The molecule has 1 atom stereocenters. The Bertz CT molecular complexity index is 512. The van der Waals surface area contributed by atoms with Crippen LogP contribution in [0.25, 0.3) is 0 Å². The number of rotatable bonds is 3. The summed E-state index contributed by atoms with van der Waals surface area (Å²) in [5.41, 5.74) is 0.738. The molecule has 3 rings (SSSR count). The first-order chi connectivity index (χ1) is 10.7. The molecule has 0 radical (unpaired) electrons. The van der Waals surface area contributed by atoms with Gasteiger partial charge in [-0.15, -0.1) is 0 Å². The van der Waals surface area contributed by atoms with Crippen molar-refractivity contribution in [3.63, 3.8) is 0 Å². The third kappa shape index (κ3) is 3.61. The summed E-state index contributed by atoms with van der Waals surface area (Å²) in [6, 6.07) is 7.94. The van der Waals surface area contributed by atoms with Crippen molar-refractivity contribution < 1.29 is 9.53 Å². The average Bonchev–Trinajstić information content (AvgIpc) is 2.56. The van der Waals surface area contributed by atoms with Crippen LogP contribution in [-0.4, -0.2) is 42.6 Å². The fourth-order valence-corrected chi connectivity index (χ4v) is 3.39. The van der Waals surface area contributed by atoms with Crippen molar-refractivity contribution in [2.24, 2.45) is 0 Å². The normalized spacial score (nSPS) is 23.3. The van der Waals surface area contributed by atoms with E-state index in [4.69, 9.17) is 4.74 Å². The number of nitrogens with one attached hydrogen (secondary N) is 1. The highest BCUT2D eigenvalue weighted by molar-refractivity contribution is 5.94. The molecule has 1 N–H and O–H groups in total. The summed E-state index contributed by atoms with van der Waals surface area (Å²) in [6.07, 6.45) is 6.40. The van der Waals surface area contributed by atoms with Gasteiger partial charge in [0.2, 0.25) is 0 Å². The quantitative estimate of drug-likeness (QED) is 0.933.